The molecule has 4 atom stereocenters. The first-order valence-corrected chi connectivity index (χ1v) is 13.0. The van der Waals surface area contributed by atoms with E-state index in [1.54, 1.807) is 78.9 Å². The number of amides is 1. The van der Waals surface area contributed by atoms with E-state index in [1.807, 2.05) is 0 Å². The maximum atomic E-state index is 16.3. The van der Waals surface area contributed by atoms with E-state index in [9.17, 15) is 19.2 Å². The number of H-pyrrole nitrogens is 1. The van der Waals surface area contributed by atoms with Gasteiger partial charge in [-0.15, -0.1) is 0 Å². The molecular weight excluding hydrogens is 545 g/mol. The molecule has 0 bridgehead atoms. The molecule has 1 fully saturated rings. The molecule has 2 N–H and O–H groups in total. The van der Waals surface area contributed by atoms with Gasteiger partial charge in [0.25, 0.3) is 5.91 Å². The Morgan fingerprint density at radius 3 is 2.05 bits per heavy atom. The summed E-state index contributed by atoms with van der Waals surface area (Å²) in [5.74, 6) is -2.21. The van der Waals surface area contributed by atoms with Crippen LogP contribution in [0.2, 0.25) is 0 Å². The minimum atomic E-state index is -2.00. The molecule has 1 amide bonds. The van der Waals surface area contributed by atoms with Crippen molar-refractivity contribution in [3.8, 4) is 0 Å². The number of halogens is 1. The van der Waals surface area contributed by atoms with Crippen molar-refractivity contribution in [1.29, 1.82) is 0 Å². The highest BCUT2D eigenvalue weighted by Crippen LogP contribution is 2.47. The Balaban J connectivity index is 1.47. The van der Waals surface area contributed by atoms with Crippen LogP contribution in [0.15, 0.2) is 102 Å². The summed E-state index contributed by atoms with van der Waals surface area (Å²) in [5.41, 5.74) is -2.02. The van der Waals surface area contributed by atoms with E-state index in [-0.39, 0.29) is 22.5 Å². The van der Waals surface area contributed by atoms with Crippen molar-refractivity contribution in [2.24, 2.45) is 0 Å². The predicted octanol–water partition coefficient (Wildman–Crippen LogP) is 4.27. The average Bonchev–Trinajstić information content (AvgIpc) is 3.26. The summed E-state index contributed by atoms with van der Waals surface area (Å²) in [4.78, 5) is 57.0. The molecule has 0 radical (unpaired) electrons. The molecule has 1 saturated heterocycles. The molecule has 1 aromatic heterocycles. The SMILES string of the molecule is C[C@]1(OC(=O)c2ccccc2)[C@@H](c2cnc(=O)[nH]c2NC(=O)c2ccccc2)O[C@H](COC(=O)c2ccccc2)[C@H]1F. The van der Waals surface area contributed by atoms with Crippen LogP contribution in [0.4, 0.5) is 10.2 Å². The first kappa shape index (κ1) is 28.4. The van der Waals surface area contributed by atoms with Crippen LogP contribution in [0.1, 0.15) is 49.7 Å². The van der Waals surface area contributed by atoms with Gasteiger partial charge in [0.05, 0.1) is 11.1 Å². The third-order valence-corrected chi connectivity index (χ3v) is 6.81. The van der Waals surface area contributed by atoms with Crippen molar-refractivity contribution in [3.05, 3.63) is 130 Å². The number of benzene rings is 3. The van der Waals surface area contributed by atoms with Crippen LogP contribution in [0.25, 0.3) is 0 Å². The van der Waals surface area contributed by atoms with Gasteiger partial charge in [-0.1, -0.05) is 54.6 Å². The van der Waals surface area contributed by atoms with Crippen LogP contribution in [-0.4, -0.2) is 52.3 Å². The monoisotopic (exact) mass is 571 g/mol. The smallest absolute Gasteiger partial charge is 0.346 e. The van der Waals surface area contributed by atoms with Crippen LogP contribution < -0.4 is 11.0 Å². The molecule has 4 aromatic rings. The summed E-state index contributed by atoms with van der Waals surface area (Å²) in [6.45, 7) is 0.822. The average molecular weight is 572 g/mol. The number of alkyl halides is 1. The molecule has 0 spiro atoms. The molecule has 214 valence electrons. The quantitative estimate of drug-likeness (QED) is 0.299. The number of hydrogen-bond acceptors (Lipinski definition) is 8. The Morgan fingerprint density at radius 2 is 1.45 bits per heavy atom. The normalized spacial score (nSPS) is 21.3. The first-order chi connectivity index (χ1) is 20.3. The molecule has 5 rings (SSSR count). The van der Waals surface area contributed by atoms with E-state index < -0.39 is 54.1 Å². The minimum Gasteiger partial charge on any atom is -0.459 e. The Hall–Kier alpha value is -5.16. The topological polar surface area (TPSA) is 137 Å². The zero-order chi connectivity index (χ0) is 29.7. The van der Waals surface area contributed by atoms with Gasteiger partial charge >= 0.3 is 17.6 Å². The zero-order valence-electron chi connectivity index (χ0n) is 22.4. The summed E-state index contributed by atoms with van der Waals surface area (Å²) in [5, 5.41) is 2.61. The number of carbonyl (C=O) groups is 3. The largest absolute Gasteiger partial charge is 0.459 e. The maximum Gasteiger partial charge on any atom is 0.346 e. The molecule has 3 aromatic carbocycles. The lowest BCUT2D eigenvalue weighted by Crippen LogP contribution is -2.45. The fourth-order valence-electron chi connectivity index (χ4n) is 4.64. The molecule has 0 unspecified atom stereocenters. The molecule has 10 nitrogen and oxygen atoms in total. The standard InChI is InChI=1S/C31H26FN3O7/c1-31(42-29(38)21-15-9-4-10-16-21)24(32)23(18-40-28(37)20-13-7-3-8-14-20)41-25(31)22-17-33-30(39)35-26(22)34-27(36)19-11-5-2-6-12-19/h2-17,23-25H,18H2,1H3,(H2,33,34,35,36,39)/t23-,24-,25-,31-/m1/s1. The van der Waals surface area contributed by atoms with Gasteiger partial charge < -0.3 is 19.5 Å². The third-order valence-electron chi connectivity index (χ3n) is 6.81. The number of rotatable bonds is 8. The Kier molecular flexibility index (Phi) is 8.21. The lowest BCUT2D eigenvalue weighted by molar-refractivity contribution is -0.0706. The van der Waals surface area contributed by atoms with E-state index in [4.69, 9.17) is 14.2 Å². The van der Waals surface area contributed by atoms with Gasteiger partial charge in [-0.05, 0) is 43.3 Å². The van der Waals surface area contributed by atoms with Crippen LogP contribution >= 0.6 is 0 Å². The van der Waals surface area contributed by atoms with Gasteiger partial charge in [0.1, 0.15) is 24.6 Å². The molecular formula is C31H26FN3O7. The summed E-state index contributed by atoms with van der Waals surface area (Å²) >= 11 is 0. The molecule has 0 saturated carbocycles. The molecule has 2 heterocycles. The number of aromatic nitrogens is 2. The first-order valence-electron chi connectivity index (χ1n) is 13.0. The van der Waals surface area contributed by atoms with E-state index in [1.165, 1.54) is 19.1 Å². The summed E-state index contributed by atoms with van der Waals surface area (Å²) in [7, 11) is 0. The van der Waals surface area contributed by atoms with Crippen molar-refractivity contribution in [1.82, 2.24) is 9.97 Å². The lowest BCUT2D eigenvalue weighted by atomic mass is 9.89. The second kappa shape index (κ2) is 12.1. The van der Waals surface area contributed by atoms with Gasteiger partial charge in [0.15, 0.2) is 11.8 Å². The summed E-state index contributed by atoms with van der Waals surface area (Å²) < 4.78 is 33.4. The second-order valence-corrected chi connectivity index (χ2v) is 9.70. The Bertz CT molecular complexity index is 1630. The van der Waals surface area contributed by atoms with E-state index in [0.29, 0.717) is 5.56 Å². The van der Waals surface area contributed by atoms with Crippen molar-refractivity contribution < 1.29 is 33.0 Å². The number of nitrogens with zero attached hydrogens (tertiary/aromatic N) is 1. The summed E-state index contributed by atoms with van der Waals surface area (Å²) in [6, 6.07) is 24.3. The van der Waals surface area contributed by atoms with Crippen molar-refractivity contribution in [2.75, 3.05) is 11.9 Å². The predicted molar refractivity (Wildman–Crippen MR) is 149 cm³/mol. The van der Waals surface area contributed by atoms with Crippen molar-refractivity contribution >= 4 is 23.7 Å². The number of nitrogens with one attached hydrogen (secondary N) is 2. The molecule has 42 heavy (non-hydrogen) atoms. The lowest BCUT2D eigenvalue weighted by Gasteiger charge is -2.32. The molecule has 1 aliphatic heterocycles. The minimum absolute atomic E-state index is 0.0433. The van der Waals surface area contributed by atoms with Crippen LogP contribution in [-0.2, 0) is 14.2 Å². The van der Waals surface area contributed by atoms with Crippen LogP contribution in [0.5, 0.6) is 0 Å². The molecule has 11 heteroatoms. The number of hydrogen-bond donors (Lipinski definition) is 2. The fourth-order valence-corrected chi connectivity index (χ4v) is 4.64. The molecule has 0 aliphatic carbocycles. The van der Waals surface area contributed by atoms with Crippen molar-refractivity contribution in [2.45, 2.75) is 30.9 Å². The number of aromatic amines is 1. The highest BCUT2D eigenvalue weighted by atomic mass is 19.1. The number of ether oxygens (including phenoxy) is 3. The fraction of sp³-hybridized carbons (Fsp3) is 0.194. The van der Waals surface area contributed by atoms with Gasteiger partial charge in [-0.25, -0.2) is 23.8 Å². The van der Waals surface area contributed by atoms with Gasteiger partial charge in [-0.3, -0.25) is 9.78 Å². The molecule has 1 aliphatic rings. The highest BCUT2D eigenvalue weighted by molar-refractivity contribution is 6.04. The van der Waals surface area contributed by atoms with Crippen molar-refractivity contribution in [3.63, 3.8) is 0 Å². The van der Waals surface area contributed by atoms with E-state index >= 15 is 4.39 Å². The zero-order valence-corrected chi connectivity index (χ0v) is 22.4. The van der Waals surface area contributed by atoms with Gasteiger partial charge in [0.2, 0.25) is 0 Å². The highest BCUT2D eigenvalue weighted by Gasteiger charge is 2.59. The third kappa shape index (κ3) is 5.96. The number of esters is 2. The Morgan fingerprint density at radius 1 is 0.905 bits per heavy atom. The summed E-state index contributed by atoms with van der Waals surface area (Å²) in [6.07, 6.45) is -3.63. The Labute approximate surface area is 239 Å². The second-order valence-electron chi connectivity index (χ2n) is 9.70. The van der Waals surface area contributed by atoms with E-state index in [0.717, 1.165) is 6.20 Å². The maximum absolute atomic E-state index is 16.3. The number of anilines is 1. The van der Waals surface area contributed by atoms with Crippen LogP contribution in [0.3, 0.4) is 0 Å². The van der Waals surface area contributed by atoms with Gasteiger partial charge in [0, 0.05) is 17.3 Å². The number of carbonyl (C=O) groups excluding carboxylic acids is 3. The van der Waals surface area contributed by atoms with Crippen LogP contribution in [0, 0.1) is 0 Å². The van der Waals surface area contributed by atoms with E-state index in [2.05, 4.69) is 15.3 Å². The van der Waals surface area contributed by atoms with Gasteiger partial charge in [-0.2, -0.15) is 0 Å².